The fourth-order valence-corrected chi connectivity index (χ4v) is 3.62. The highest BCUT2D eigenvalue weighted by molar-refractivity contribution is 6.27. The number of ketones is 2. The lowest BCUT2D eigenvalue weighted by Crippen LogP contribution is -2.29. The van der Waals surface area contributed by atoms with Crippen LogP contribution in [0.25, 0.3) is 0 Å². The van der Waals surface area contributed by atoms with E-state index in [1.807, 2.05) is 0 Å². The Hall–Kier alpha value is -3.94. The normalized spacial score (nSPS) is 15.6. The minimum absolute atomic E-state index is 0.0571. The van der Waals surface area contributed by atoms with E-state index in [4.69, 9.17) is 9.47 Å². The first-order chi connectivity index (χ1) is 16.3. The molecule has 1 atom stereocenters. The van der Waals surface area contributed by atoms with Gasteiger partial charge in [0.15, 0.2) is 11.5 Å². The number of benzene rings is 2. The molecule has 0 saturated carbocycles. The zero-order chi connectivity index (χ0) is 24.7. The van der Waals surface area contributed by atoms with E-state index < -0.39 is 35.1 Å². The van der Waals surface area contributed by atoms with Gasteiger partial charge in [-0.25, -0.2) is 13.6 Å². The first-order valence-corrected chi connectivity index (χ1v) is 10.5. The molecule has 1 unspecified atom stereocenters. The van der Waals surface area contributed by atoms with Crippen LogP contribution >= 0.6 is 0 Å². The molecule has 0 aromatic heterocycles. The summed E-state index contributed by atoms with van der Waals surface area (Å²) < 4.78 is 37.5. The van der Waals surface area contributed by atoms with Crippen LogP contribution in [0, 0.1) is 17.6 Å². The van der Waals surface area contributed by atoms with E-state index in [2.05, 4.69) is 0 Å². The average molecular weight is 468 g/mol. The summed E-state index contributed by atoms with van der Waals surface area (Å²) in [5.74, 6) is -5.08. The van der Waals surface area contributed by atoms with E-state index in [9.17, 15) is 28.0 Å². The largest absolute Gasteiger partial charge is 0.484 e. The summed E-state index contributed by atoms with van der Waals surface area (Å²) in [6, 6.07) is 11.9. The fourth-order valence-electron chi connectivity index (χ4n) is 3.62. The summed E-state index contributed by atoms with van der Waals surface area (Å²) in [6.45, 7) is -0.0571. The van der Waals surface area contributed by atoms with E-state index in [1.54, 1.807) is 30.3 Å². The monoisotopic (exact) mass is 468 g/mol. The maximum absolute atomic E-state index is 13.9. The molecule has 1 aliphatic rings. The molecule has 0 heterocycles. The maximum Gasteiger partial charge on any atom is 0.338 e. The van der Waals surface area contributed by atoms with Crippen LogP contribution in [0.5, 0.6) is 0 Å². The summed E-state index contributed by atoms with van der Waals surface area (Å²) in [6.07, 6.45) is 1.32. The lowest BCUT2D eigenvalue weighted by molar-refractivity contribution is -0.138. The van der Waals surface area contributed by atoms with Gasteiger partial charge < -0.3 is 14.3 Å². The van der Waals surface area contributed by atoms with Gasteiger partial charge in [0.05, 0.1) is 18.3 Å². The molecule has 8 heteroatoms. The van der Waals surface area contributed by atoms with Crippen molar-refractivity contribution in [2.75, 3.05) is 7.11 Å². The Labute approximate surface area is 194 Å². The first-order valence-electron chi connectivity index (χ1n) is 10.5. The maximum atomic E-state index is 13.9. The Morgan fingerprint density at radius 3 is 2.47 bits per heavy atom. The number of carbonyl (C=O) groups excluding carboxylic acids is 4. The Morgan fingerprint density at radius 1 is 1.09 bits per heavy atom. The summed E-state index contributed by atoms with van der Waals surface area (Å²) >= 11 is 0. The van der Waals surface area contributed by atoms with Crippen molar-refractivity contribution in [1.29, 1.82) is 0 Å². The fraction of sp³-hybridized carbons (Fsp3) is 0.231. The van der Waals surface area contributed by atoms with Crippen LogP contribution in [0.3, 0.4) is 0 Å². The van der Waals surface area contributed by atoms with Gasteiger partial charge in [-0.3, -0.25) is 9.59 Å². The Morgan fingerprint density at radius 2 is 1.82 bits per heavy atom. The molecule has 0 amide bonds. The van der Waals surface area contributed by atoms with Crippen LogP contribution in [0.2, 0.25) is 0 Å². The van der Waals surface area contributed by atoms with Gasteiger partial charge in [0.2, 0.25) is 5.78 Å². The van der Waals surface area contributed by atoms with Gasteiger partial charge in [0.25, 0.3) is 0 Å². The van der Waals surface area contributed by atoms with E-state index in [0.29, 0.717) is 17.9 Å². The number of methoxy groups -OCH3 is 1. The predicted octanol–water partition coefficient (Wildman–Crippen LogP) is 3.82. The Balaban J connectivity index is 1.88. The highest BCUT2D eigenvalue weighted by atomic mass is 19.1. The molecule has 1 aliphatic carbocycles. The van der Waals surface area contributed by atoms with Gasteiger partial charge in [0, 0.05) is 24.8 Å². The SMILES string of the molecule is COC(=O)C1=C(OCc2ccccc2)C(=O)C(C(=O)CCc2ccc(F)cc2F)=CC1CC=O. The lowest BCUT2D eigenvalue weighted by Gasteiger charge is -2.24. The summed E-state index contributed by atoms with van der Waals surface area (Å²) in [7, 11) is 1.13. The van der Waals surface area contributed by atoms with Crippen molar-refractivity contribution in [2.45, 2.75) is 25.9 Å². The topological polar surface area (TPSA) is 86.7 Å². The predicted molar refractivity (Wildman–Crippen MR) is 117 cm³/mol. The third kappa shape index (κ3) is 5.70. The summed E-state index contributed by atoms with van der Waals surface area (Å²) in [4.78, 5) is 49.8. The first kappa shape index (κ1) is 24.7. The average Bonchev–Trinajstić information content (AvgIpc) is 2.83. The molecular formula is C26H22F2O6. The molecular weight excluding hydrogens is 446 g/mol. The molecule has 176 valence electrons. The number of esters is 1. The number of Topliss-reactive ketones (excluding diaryl/α,β-unsaturated/α-hetero) is 2. The molecule has 0 spiro atoms. The molecule has 2 aromatic carbocycles. The number of allylic oxidation sites excluding steroid dienone is 2. The molecule has 0 aliphatic heterocycles. The van der Waals surface area contributed by atoms with Crippen molar-refractivity contribution in [3.05, 3.63) is 94.3 Å². The third-order valence-corrected chi connectivity index (χ3v) is 5.35. The summed E-state index contributed by atoms with van der Waals surface area (Å²) in [5, 5.41) is 0. The highest BCUT2D eigenvalue weighted by Gasteiger charge is 2.37. The number of aldehydes is 1. The van der Waals surface area contributed by atoms with Crippen molar-refractivity contribution < 1.29 is 37.4 Å². The van der Waals surface area contributed by atoms with E-state index in [0.717, 1.165) is 13.2 Å². The van der Waals surface area contributed by atoms with Crippen molar-refractivity contribution in [1.82, 2.24) is 0 Å². The Kier molecular flexibility index (Phi) is 8.19. The van der Waals surface area contributed by atoms with Crippen LogP contribution in [-0.2, 0) is 41.7 Å². The number of halogens is 2. The minimum Gasteiger partial charge on any atom is -0.484 e. The van der Waals surface area contributed by atoms with Crippen molar-refractivity contribution in [3.8, 4) is 0 Å². The number of carbonyl (C=O) groups is 4. The quantitative estimate of drug-likeness (QED) is 0.299. The van der Waals surface area contributed by atoms with E-state index in [1.165, 1.54) is 12.1 Å². The molecule has 0 fully saturated rings. The van der Waals surface area contributed by atoms with Crippen LogP contribution in [-0.4, -0.2) is 30.9 Å². The molecule has 0 radical (unpaired) electrons. The third-order valence-electron chi connectivity index (χ3n) is 5.35. The van der Waals surface area contributed by atoms with E-state index in [-0.39, 0.29) is 48.3 Å². The smallest absolute Gasteiger partial charge is 0.338 e. The highest BCUT2D eigenvalue weighted by Crippen LogP contribution is 2.32. The number of ether oxygens (including phenoxy) is 2. The molecule has 0 N–H and O–H groups in total. The van der Waals surface area contributed by atoms with Crippen molar-refractivity contribution >= 4 is 23.8 Å². The standard InChI is InChI=1S/C26H22F2O6/c1-33-26(32)23-18(11-12-29)13-20(22(30)10-8-17-7-9-19(27)14-21(17)28)24(31)25(23)34-15-16-5-3-2-4-6-16/h2-7,9,12-14,18H,8,10-11,15H2,1H3. The number of hydrogen-bond donors (Lipinski definition) is 0. The van der Waals surface area contributed by atoms with Gasteiger partial charge in [-0.05, 0) is 23.6 Å². The molecule has 0 saturated heterocycles. The second kappa shape index (κ2) is 11.3. The molecule has 2 aromatic rings. The second-order valence-electron chi connectivity index (χ2n) is 7.59. The van der Waals surface area contributed by atoms with Crippen LogP contribution < -0.4 is 0 Å². The van der Waals surface area contributed by atoms with Gasteiger partial charge in [0.1, 0.15) is 24.5 Å². The number of rotatable bonds is 10. The minimum atomic E-state index is -0.907. The molecule has 0 bridgehead atoms. The van der Waals surface area contributed by atoms with Crippen LogP contribution in [0.15, 0.2) is 71.5 Å². The van der Waals surface area contributed by atoms with E-state index >= 15 is 0 Å². The zero-order valence-corrected chi connectivity index (χ0v) is 18.4. The van der Waals surface area contributed by atoms with Crippen LogP contribution in [0.1, 0.15) is 24.0 Å². The Bertz CT molecular complexity index is 1170. The molecule has 6 nitrogen and oxygen atoms in total. The van der Waals surface area contributed by atoms with Gasteiger partial charge in [-0.15, -0.1) is 0 Å². The summed E-state index contributed by atoms with van der Waals surface area (Å²) in [5.41, 5.74) is 0.435. The van der Waals surface area contributed by atoms with Crippen LogP contribution in [0.4, 0.5) is 8.78 Å². The molecule has 34 heavy (non-hydrogen) atoms. The molecule has 3 rings (SSSR count). The van der Waals surface area contributed by atoms with Crippen molar-refractivity contribution in [2.24, 2.45) is 5.92 Å². The second-order valence-corrected chi connectivity index (χ2v) is 7.59. The lowest BCUT2D eigenvalue weighted by atomic mass is 9.83. The van der Waals surface area contributed by atoms with Crippen molar-refractivity contribution in [3.63, 3.8) is 0 Å². The van der Waals surface area contributed by atoms with Gasteiger partial charge >= 0.3 is 5.97 Å². The number of hydrogen-bond acceptors (Lipinski definition) is 6. The zero-order valence-electron chi connectivity index (χ0n) is 18.4. The number of aryl methyl sites for hydroxylation is 1. The van der Waals surface area contributed by atoms with Gasteiger partial charge in [-0.1, -0.05) is 42.5 Å². The van der Waals surface area contributed by atoms with Gasteiger partial charge in [-0.2, -0.15) is 0 Å².